The van der Waals surface area contributed by atoms with Gasteiger partial charge in [0.15, 0.2) is 11.4 Å². The molecular formula is C26H25F2N5O2. The molecule has 3 heterocycles. The number of hydrogen-bond acceptors (Lipinski definition) is 6. The van der Waals surface area contributed by atoms with Crippen molar-refractivity contribution < 1.29 is 18.0 Å². The highest BCUT2D eigenvalue weighted by Crippen LogP contribution is 2.30. The van der Waals surface area contributed by atoms with Gasteiger partial charge >= 0.3 is 0 Å². The first-order valence-electron chi connectivity index (χ1n) is 11.6. The smallest absolute Gasteiger partial charge is 0.295 e. The highest BCUT2D eigenvalue weighted by molar-refractivity contribution is 6.00. The summed E-state index contributed by atoms with van der Waals surface area (Å²) >= 11 is 0. The van der Waals surface area contributed by atoms with Gasteiger partial charge in [0.05, 0.1) is 11.6 Å². The van der Waals surface area contributed by atoms with Gasteiger partial charge in [0, 0.05) is 37.1 Å². The van der Waals surface area contributed by atoms with Crippen LogP contribution in [-0.2, 0) is 0 Å². The summed E-state index contributed by atoms with van der Waals surface area (Å²) < 4.78 is 33.6. The summed E-state index contributed by atoms with van der Waals surface area (Å²) in [7, 11) is 0. The number of amides is 1. The van der Waals surface area contributed by atoms with Crippen LogP contribution in [-0.4, -0.2) is 44.9 Å². The summed E-state index contributed by atoms with van der Waals surface area (Å²) in [6.45, 7) is 4.71. The number of benzene rings is 2. The maximum atomic E-state index is 14.5. The van der Waals surface area contributed by atoms with Gasteiger partial charge in [-0.25, -0.2) is 18.7 Å². The maximum Gasteiger partial charge on any atom is 0.295 e. The normalized spacial score (nSPS) is 18.1. The topological polar surface area (TPSA) is 84.2 Å². The van der Waals surface area contributed by atoms with E-state index in [2.05, 4.69) is 27.2 Å². The van der Waals surface area contributed by atoms with Crippen LogP contribution >= 0.6 is 0 Å². The van der Waals surface area contributed by atoms with E-state index in [1.807, 2.05) is 4.90 Å². The number of likely N-dealkylation sites (tertiary alicyclic amines) is 1. The molecule has 0 saturated carbocycles. The number of oxazole rings is 1. The van der Waals surface area contributed by atoms with Gasteiger partial charge in [0.2, 0.25) is 0 Å². The fraction of sp³-hybridized carbons (Fsp3) is 0.308. The molecule has 1 fully saturated rings. The van der Waals surface area contributed by atoms with Crippen molar-refractivity contribution in [2.45, 2.75) is 32.7 Å². The lowest BCUT2D eigenvalue weighted by atomic mass is 9.89. The molecule has 2 atom stereocenters. The van der Waals surface area contributed by atoms with E-state index in [-0.39, 0.29) is 23.9 Å². The van der Waals surface area contributed by atoms with E-state index in [1.54, 1.807) is 37.5 Å². The van der Waals surface area contributed by atoms with E-state index >= 15 is 0 Å². The Labute approximate surface area is 201 Å². The van der Waals surface area contributed by atoms with Gasteiger partial charge in [0.25, 0.3) is 11.9 Å². The summed E-state index contributed by atoms with van der Waals surface area (Å²) in [4.78, 5) is 28.5. The highest BCUT2D eigenvalue weighted by Gasteiger charge is 2.34. The molecule has 0 radical (unpaired) electrons. The number of hydrogen-bond donors (Lipinski definition) is 1. The van der Waals surface area contributed by atoms with E-state index in [0.29, 0.717) is 46.7 Å². The minimum Gasteiger partial charge on any atom is -0.423 e. The Morgan fingerprint density at radius 2 is 2.00 bits per heavy atom. The largest absolute Gasteiger partial charge is 0.423 e. The molecule has 0 aliphatic carbocycles. The number of aryl methyl sites for hydroxylation is 1. The number of aromatic nitrogens is 3. The molecule has 2 aromatic heterocycles. The number of carbonyl (C=O) groups excluding carboxylic acids is 1. The van der Waals surface area contributed by atoms with Crippen molar-refractivity contribution in [3.8, 4) is 11.4 Å². The van der Waals surface area contributed by atoms with E-state index in [1.165, 1.54) is 18.2 Å². The molecule has 35 heavy (non-hydrogen) atoms. The van der Waals surface area contributed by atoms with Crippen molar-refractivity contribution in [3.05, 3.63) is 71.6 Å². The van der Waals surface area contributed by atoms with Crippen molar-refractivity contribution in [3.63, 3.8) is 0 Å². The molecule has 5 rings (SSSR count). The minimum atomic E-state index is -0.415. The summed E-state index contributed by atoms with van der Waals surface area (Å²) in [6, 6.07) is 8.86. The van der Waals surface area contributed by atoms with Crippen LogP contribution in [0.25, 0.3) is 22.5 Å². The second-order valence-corrected chi connectivity index (χ2v) is 8.92. The Morgan fingerprint density at radius 3 is 2.80 bits per heavy atom. The number of nitrogens with zero attached hydrogens (tertiary/aromatic N) is 4. The zero-order valence-electron chi connectivity index (χ0n) is 19.5. The number of nitrogens with one attached hydrogen (secondary N) is 1. The number of rotatable bonds is 5. The summed E-state index contributed by atoms with van der Waals surface area (Å²) in [5.74, 6) is -0.506. The SMILES string of the molecule is Cc1cc(C(=O)N2CCCC(C)C2CNc2nc3ccc(F)cc3o2)c(-c2ncccn2)cc1F. The molecule has 2 unspecified atom stereocenters. The average molecular weight is 478 g/mol. The quantitative estimate of drug-likeness (QED) is 0.424. The van der Waals surface area contributed by atoms with Crippen LogP contribution in [0.3, 0.4) is 0 Å². The number of fused-ring (bicyclic) bond motifs is 1. The zero-order valence-corrected chi connectivity index (χ0v) is 19.5. The third-order valence-electron chi connectivity index (χ3n) is 6.53. The van der Waals surface area contributed by atoms with Crippen molar-refractivity contribution >= 4 is 23.0 Å². The number of anilines is 1. The predicted molar refractivity (Wildman–Crippen MR) is 128 cm³/mol. The van der Waals surface area contributed by atoms with Crippen LogP contribution in [0.4, 0.5) is 14.8 Å². The summed E-state index contributed by atoms with van der Waals surface area (Å²) in [5, 5.41) is 3.18. The Kier molecular flexibility index (Phi) is 6.15. The molecule has 1 aliphatic heterocycles. The Balaban J connectivity index is 1.43. The molecule has 0 spiro atoms. The molecule has 9 heteroatoms. The van der Waals surface area contributed by atoms with Gasteiger partial charge in [-0.1, -0.05) is 6.92 Å². The van der Waals surface area contributed by atoms with Crippen molar-refractivity contribution in [1.29, 1.82) is 0 Å². The predicted octanol–water partition coefficient (Wildman–Crippen LogP) is 5.22. The molecule has 1 saturated heterocycles. The van der Waals surface area contributed by atoms with Crippen molar-refractivity contribution in [1.82, 2.24) is 19.9 Å². The fourth-order valence-corrected chi connectivity index (χ4v) is 4.61. The monoisotopic (exact) mass is 477 g/mol. The number of piperidine rings is 1. The molecule has 2 aromatic carbocycles. The highest BCUT2D eigenvalue weighted by atomic mass is 19.1. The second kappa shape index (κ2) is 9.40. The standard InChI is InChI=1S/C26H25F2N5O2/c1-15-5-3-10-33(22(15)14-31-26-32-21-7-6-17(27)12-23(21)35-26)25(34)19-11-16(2)20(28)13-18(19)24-29-8-4-9-30-24/h4,6-9,11-13,15,22H,3,5,10,14H2,1-2H3,(H,31,32). The second-order valence-electron chi connectivity index (χ2n) is 8.92. The summed E-state index contributed by atoms with van der Waals surface area (Å²) in [5.41, 5.74) is 2.02. The van der Waals surface area contributed by atoms with Crippen molar-refractivity contribution in [2.75, 3.05) is 18.4 Å². The Bertz CT molecular complexity index is 1380. The third-order valence-corrected chi connectivity index (χ3v) is 6.53. The van der Waals surface area contributed by atoms with Crippen LogP contribution in [0.2, 0.25) is 0 Å². The lowest BCUT2D eigenvalue weighted by Gasteiger charge is -2.40. The Morgan fingerprint density at radius 1 is 1.20 bits per heavy atom. The number of halogens is 2. The molecule has 0 bridgehead atoms. The number of carbonyl (C=O) groups is 1. The van der Waals surface area contributed by atoms with Crippen LogP contribution in [0.15, 0.2) is 53.2 Å². The first-order chi connectivity index (χ1) is 16.9. The van der Waals surface area contributed by atoms with Gasteiger partial charge in [-0.2, -0.15) is 4.98 Å². The molecule has 1 aliphatic rings. The van der Waals surface area contributed by atoms with Crippen LogP contribution in [0, 0.1) is 24.5 Å². The van der Waals surface area contributed by atoms with Crippen LogP contribution < -0.4 is 5.32 Å². The van der Waals surface area contributed by atoms with Crippen LogP contribution in [0.1, 0.15) is 35.7 Å². The Hall–Kier alpha value is -3.88. The molecule has 180 valence electrons. The van der Waals surface area contributed by atoms with Gasteiger partial charge in [-0.3, -0.25) is 4.79 Å². The first kappa shape index (κ1) is 22.9. The van der Waals surface area contributed by atoms with Gasteiger partial charge in [-0.15, -0.1) is 0 Å². The van der Waals surface area contributed by atoms with E-state index in [0.717, 1.165) is 12.8 Å². The van der Waals surface area contributed by atoms with Gasteiger partial charge in [0.1, 0.15) is 17.2 Å². The third kappa shape index (κ3) is 4.58. The fourth-order valence-electron chi connectivity index (χ4n) is 4.61. The molecular weight excluding hydrogens is 452 g/mol. The maximum absolute atomic E-state index is 14.5. The van der Waals surface area contributed by atoms with E-state index in [4.69, 9.17) is 4.42 Å². The minimum absolute atomic E-state index is 0.155. The van der Waals surface area contributed by atoms with Crippen molar-refractivity contribution in [2.24, 2.45) is 5.92 Å². The molecule has 1 amide bonds. The van der Waals surface area contributed by atoms with Gasteiger partial charge < -0.3 is 14.6 Å². The van der Waals surface area contributed by atoms with Gasteiger partial charge in [-0.05, 0) is 61.6 Å². The van der Waals surface area contributed by atoms with E-state index in [9.17, 15) is 13.6 Å². The van der Waals surface area contributed by atoms with E-state index < -0.39 is 11.6 Å². The molecule has 7 nitrogen and oxygen atoms in total. The first-order valence-corrected chi connectivity index (χ1v) is 11.6. The molecule has 1 N–H and O–H groups in total. The zero-order chi connectivity index (χ0) is 24.5. The average Bonchev–Trinajstić information content (AvgIpc) is 3.26. The summed E-state index contributed by atoms with van der Waals surface area (Å²) in [6.07, 6.45) is 4.96. The molecule has 4 aromatic rings. The lowest BCUT2D eigenvalue weighted by Crippen LogP contribution is -2.51. The lowest BCUT2D eigenvalue weighted by molar-refractivity contribution is 0.0540. The van der Waals surface area contributed by atoms with Crippen LogP contribution in [0.5, 0.6) is 0 Å².